The third-order valence-corrected chi connectivity index (χ3v) is 1.79. The normalized spacial score (nSPS) is 9.54. The second-order valence-electron chi connectivity index (χ2n) is 2.63. The Morgan fingerprint density at radius 3 is 2.77 bits per heavy atom. The number of carbonyl (C=O) groups is 1. The predicted octanol–water partition coefficient (Wildman–Crippen LogP) is 1.46. The molecule has 1 amide bonds. The molecule has 0 bridgehead atoms. The van der Waals surface area contributed by atoms with Gasteiger partial charge in [-0.2, -0.15) is 0 Å². The Labute approximate surface area is 81.6 Å². The molecule has 0 atom stereocenters. The van der Waals surface area contributed by atoms with Crippen molar-refractivity contribution in [3.8, 4) is 0 Å². The summed E-state index contributed by atoms with van der Waals surface area (Å²) in [6.07, 6.45) is 3.60. The first-order chi connectivity index (χ1) is 5.77. The highest BCUT2D eigenvalue weighted by atomic mass is 35.5. The lowest BCUT2D eigenvalue weighted by atomic mass is 10.3. The number of pyridine rings is 1. The van der Waals surface area contributed by atoms with Crippen LogP contribution < -0.4 is 5.73 Å². The van der Waals surface area contributed by atoms with Crippen molar-refractivity contribution in [3.63, 3.8) is 0 Å². The van der Waals surface area contributed by atoms with Crippen LogP contribution in [0.25, 0.3) is 5.52 Å². The molecule has 0 saturated carbocycles. The lowest BCUT2D eigenvalue weighted by Gasteiger charge is -1.88. The fraction of sp³-hybridized carbons (Fsp3) is 0. The second kappa shape index (κ2) is 3.49. The molecule has 0 aliphatic heterocycles. The van der Waals surface area contributed by atoms with Gasteiger partial charge in [0.15, 0.2) is 0 Å². The number of amides is 1. The number of nitrogens with zero attached hydrogens (tertiary/aromatic N) is 1. The predicted molar refractivity (Wildman–Crippen MR) is 53.2 cm³/mol. The number of halogens is 1. The van der Waals surface area contributed by atoms with Gasteiger partial charge in [0.2, 0.25) is 5.91 Å². The van der Waals surface area contributed by atoms with Gasteiger partial charge in [-0.1, -0.05) is 6.07 Å². The van der Waals surface area contributed by atoms with E-state index in [1.807, 2.05) is 28.8 Å². The zero-order chi connectivity index (χ0) is 8.55. The smallest absolute Gasteiger partial charge is 0.250 e. The van der Waals surface area contributed by atoms with Crippen molar-refractivity contribution >= 4 is 23.8 Å². The number of aromatic nitrogens is 1. The number of primary amides is 1. The van der Waals surface area contributed by atoms with Gasteiger partial charge in [0.25, 0.3) is 0 Å². The molecular formula is C9H9ClN2O. The third kappa shape index (κ3) is 1.65. The van der Waals surface area contributed by atoms with Crippen LogP contribution in [0.2, 0.25) is 0 Å². The second-order valence-corrected chi connectivity index (χ2v) is 2.63. The summed E-state index contributed by atoms with van der Waals surface area (Å²) in [6.45, 7) is 0. The highest BCUT2D eigenvalue weighted by molar-refractivity contribution is 5.94. The largest absolute Gasteiger partial charge is 0.366 e. The first kappa shape index (κ1) is 9.61. The molecule has 0 saturated heterocycles. The van der Waals surface area contributed by atoms with Gasteiger partial charge in [0, 0.05) is 17.9 Å². The summed E-state index contributed by atoms with van der Waals surface area (Å²) in [6, 6.07) is 7.51. The summed E-state index contributed by atoms with van der Waals surface area (Å²) >= 11 is 0. The molecule has 0 aromatic carbocycles. The molecule has 0 spiro atoms. The maximum atomic E-state index is 10.8. The standard InChI is InChI=1S/C9H8N2O.ClH/c10-9(12)7-5-8-3-1-2-4-11(8)6-7;/h1-6H,(H2,10,12);1H. The van der Waals surface area contributed by atoms with Gasteiger partial charge < -0.3 is 10.1 Å². The summed E-state index contributed by atoms with van der Waals surface area (Å²) < 4.78 is 1.86. The molecule has 2 N–H and O–H groups in total. The lowest BCUT2D eigenvalue weighted by Crippen LogP contribution is -2.09. The van der Waals surface area contributed by atoms with Crippen molar-refractivity contribution in [3.05, 3.63) is 42.2 Å². The first-order valence-corrected chi connectivity index (χ1v) is 3.64. The van der Waals surface area contributed by atoms with Crippen LogP contribution in [0.15, 0.2) is 36.7 Å². The molecular weight excluding hydrogens is 188 g/mol. The molecule has 0 aliphatic rings. The number of rotatable bonds is 1. The summed E-state index contributed by atoms with van der Waals surface area (Å²) in [7, 11) is 0. The Bertz CT molecular complexity index is 403. The quantitative estimate of drug-likeness (QED) is 0.738. The highest BCUT2D eigenvalue weighted by Gasteiger charge is 2.02. The van der Waals surface area contributed by atoms with Crippen molar-refractivity contribution in [1.29, 1.82) is 0 Å². The summed E-state index contributed by atoms with van der Waals surface area (Å²) in [5.74, 6) is -0.390. The van der Waals surface area contributed by atoms with Crippen LogP contribution in [0.3, 0.4) is 0 Å². The topological polar surface area (TPSA) is 47.5 Å². The van der Waals surface area contributed by atoms with E-state index in [0.717, 1.165) is 5.52 Å². The number of fused-ring (bicyclic) bond motifs is 1. The number of hydrogen-bond donors (Lipinski definition) is 1. The molecule has 0 fully saturated rings. The Balaban J connectivity index is 0.000000845. The molecule has 2 heterocycles. The molecule has 2 rings (SSSR count). The van der Waals surface area contributed by atoms with Crippen LogP contribution >= 0.6 is 12.4 Å². The van der Waals surface area contributed by atoms with Gasteiger partial charge in [-0.3, -0.25) is 4.79 Å². The first-order valence-electron chi connectivity index (χ1n) is 3.64. The Hall–Kier alpha value is -1.48. The van der Waals surface area contributed by atoms with Crippen LogP contribution in [-0.4, -0.2) is 10.3 Å². The summed E-state index contributed by atoms with van der Waals surface area (Å²) in [5.41, 5.74) is 6.65. The molecule has 0 unspecified atom stereocenters. The van der Waals surface area contributed by atoms with Crippen LogP contribution in [0.4, 0.5) is 0 Å². The van der Waals surface area contributed by atoms with Crippen molar-refractivity contribution < 1.29 is 4.79 Å². The molecule has 2 aromatic heterocycles. The van der Waals surface area contributed by atoms with Crippen molar-refractivity contribution in [2.24, 2.45) is 5.73 Å². The van der Waals surface area contributed by atoms with Crippen LogP contribution in [-0.2, 0) is 0 Å². The van der Waals surface area contributed by atoms with E-state index in [-0.39, 0.29) is 12.4 Å². The number of hydrogen-bond acceptors (Lipinski definition) is 1. The van der Waals surface area contributed by atoms with Crippen LogP contribution in [0.5, 0.6) is 0 Å². The Morgan fingerprint density at radius 1 is 1.38 bits per heavy atom. The monoisotopic (exact) mass is 196 g/mol. The van der Waals surface area contributed by atoms with E-state index >= 15 is 0 Å². The Kier molecular flexibility index (Phi) is 2.58. The molecule has 0 radical (unpaired) electrons. The molecule has 4 heteroatoms. The van der Waals surface area contributed by atoms with E-state index < -0.39 is 5.91 Å². The maximum Gasteiger partial charge on any atom is 0.250 e. The minimum Gasteiger partial charge on any atom is -0.366 e. The SMILES string of the molecule is Cl.NC(=O)c1cc2ccccn2c1. The molecule has 68 valence electrons. The molecule has 0 aliphatic carbocycles. The molecule has 3 nitrogen and oxygen atoms in total. The fourth-order valence-corrected chi connectivity index (χ4v) is 1.19. The van der Waals surface area contributed by atoms with E-state index in [4.69, 9.17) is 5.73 Å². The summed E-state index contributed by atoms with van der Waals surface area (Å²) in [5, 5.41) is 0. The van der Waals surface area contributed by atoms with Crippen molar-refractivity contribution in [1.82, 2.24) is 4.40 Å². The van der Waals surface area contributed by atoms with Gasteiger partial charge in [0.05, 0.1) is 5.56 Å². The molecule has 13 heavy (non-hydrogen) atoms. The minimum atomic E-state index is -0.390. The van der Waals surface area contributed by atoms with Crippen LogP contribution in [0.1, 0.15) is 10.4 Å². The van der Waals surface area contributed by atoms with E-state index in [0.29, 0.717) is 5.56 Å². The third-order valence-electron chi connectivity index (χ3n) is 1.79. The van der Waals surface area contributed by atoms with Crippen molar-refractivity contribution in [2.45, 2.75) is 0 Å². The number of nitrogens with two attached hydrogens (primary N) is 1. The van der Waals surface area contributed by atoms with E-state index in [9.17, 15) is 4.79 Å². The average Bonchev–Trinajstić information content (AvgIpc) is 2.46. The Morgan fingerprint density at radius 2 is 2.15 bits per heavy atom. The number of carbonyl (C=O) groups excluding carboxylic acids is 1. The zero-order valence-electron chi connectivity index (χ0n) is 6.81. The van der Waals surface area contributed by atoms with E-state index in [2.05, 4.69) is 0 Å². The lowest BCUT2D eigenvalue weighted by molar-refractivity contribution is 0.100. The van der Waals surface area contributed by atoms with Gasteiger partial charge in [-0.25, -0.2) is 0 Å². The van der Waals surface area contributed by atoms with E-state index in [1.165, 1.54) is 0 Å². The fourth-order valence-electron chi connectivity index (χ4n) is 1.19. The van der Waals surface area contributed by atoms with Crippen molar-refractivity contribution in [2.75, 3.05) is 0 Å². The minimum absolute atomic E-state index is 0. The van der Waals surface area contributed by atoms with Gasteiger partial charge in [-0.05, 0) is 18.2 Å². The zero-order valence-corrected chi connectivity index (χ0v) is 7.62. The maximum absolute atomic E-state index is 10.8. The highest BCUT2D eigenvalue weighted by Crippen LogP contribution is 2.08. The average molecular weight is 197 g/mol. The molecule has 2 aromatic rings. The summed E-state index contributed by atoms with van der Waals surface area (Å²) in [4.78, 5) is 10.8. The van der Waals surface area contributed by atoms with Crippen LogP contribution in [0, 0.1) is 0 Å². The van der Waals surface area contributed by atoms with Gasteiger partial charge in [-0.15, -0.1) is 12.4 Å². The van der Waals surface area contributed by atoms with Gasteiger partial charge >= 0.3 is 0 Å². The van der Waals surface area contributed by atoms with E-state index in [1.54, 1.807) is 12.3 Å². The van der Waals surface area contributed by atoms with Gasteiger partial charge in [0.1, 0.15) is 0 Å².